The summed E-state index contributed by atoms with van der Waals surface area (Å²) in [7, 11) is -3.76. The number of hydrogen-bond acceptors (Lipinski definition) is 5. The van der Waals surface area contributed by atoms with Gasteiger partial charge in [0, 0.05) is 12.1 Å². The van der Waals surface area contributed by atoms with Gasteiger partial charge in [-0.05, 0) is 6.42 Å². The molecule has 1 aromatic rings. The minimum atomic E-state index is -3.76. The Hall–Kier alpha value is -1.37. The van der Waals surface area contributed by atoms with Gasteiger partial charge in [0.1, 0.15) is 0 Å². The number of rotatable bonds is 4. The molecule has 1 rings (SSSR count). The van der Waals surface area contributed by atoms with Gasteiger partial charge in [-0.15, -0.1) is 0 Å². The molecule has 1 aromatic heterocycles. The molecule has 2 N–H and O–H groups in total. The van der Waals surface area contributed by atoms with Crippen LogP contribution in [0.5, 0.6) is 11.8 Å². The van der Waals surface area contributed by atoms with Crippen molar-refractivity contribution in [3.63, 3.8) is 0 Å². The van der Waals surface area contributed by atoms with Crippen LogP contribution < -0.4 is 4.28 Å². The van der Waals surface area contributed by atoms with Crippen LogP contribution in [0.1, 0.15) is 13.3 Å². The molecule has 1 heterocycles. The average Bonchev–Trinajstić information content (AvgIpc) is 2.35. The van der Waals surface area contributed by atoms with Gasteiger partial charge in [0.2, 0.25) is 11.8 Å². The molecule has 0 saturated heterocycles. The molecule has 0 unspecified atom stereocenters. The van der Waals surface area contributed by atoms with Gasteiger partial charge in [0.05, 0.1) is 5.75 Å². The zero-order valence-corrected chi connectivity index (χ0v) is 8.36. The monoisotopic (exact) mass is 221 g/mol. The Morgan fingerprint density at radius 2 is 1.86 bits per heavy atom. The summed E-state index contributed by atoms with van der Waals surface area (Å²) in [6.07, 6.45) is 0.394. The molecular weight excluding hydrogens is 210 g/mol. The van der Waals surface area contributed by atoms with E-state index in [9.17, 15) is 8.42 Å². The summed E-state index contributed by atoms with van der Waals surface area (Å²) in [6.45, 7) is 1.68. The molecule has 80 valence electrons. The van der Waals surface area contributed by atoms with Crippen molar-refractivity contribution in [3.8, 4) is 11.8 Å². The van der Waals surface area contributed by atoms with E-state index in [-0.39, 0.29) is 5.75 Å². The van der Waals surface area contributed by atoms with Gasteiger partial charge in [-0.3, -0.25) is 4.28 Å². The topological polar surface area (TPSA) is 88.8 Å². The summed E-state index contributed by atoms with van der Waals surface area (Å²) < 4.78 is 27.2. The summed E-state index contributed by atoms with van der Waals surface area (Å²) in [5.41, 5.74) is 0. The lowest BCUT2D eigenvalue weighted by Gasteiger charge is -2.07. The first kappa shape index (κ1) is 10.7. The fourth-order valence-corrected chi connectivity index (χ4v) is 1.83. The molecular formula is C7H11NO5S. The maximum absolute atomic E-state index is 11.1. The maximum atomic E-state index is 11.1. The van der Waals surface area contributed by atoms with Gasteiger partial charge < -0.3 is 10.2 Å². The Morgan fingerprint density at radius 3 is 2.29 bits per heavy atom. The molecule has 0 radical (unpaired) electrons. The molecule has 0 aliphatic carbocycles. The average molecular weight is 221 g/mol. The number of aromatic nitrogens is 1. The molecule has 0 saturated carbocycles. The summed E-state index contributed by atoms with van der Waals surface area (Å²) in [4.78, 5) is 0. The molecule has 0 fully saturated rings. The van der Waals surface area contributed by atoms with E-state index in [1.807, 2.05) is 0 Å². The molecule has 0 aliphatic rings. The first-order valence-electron chi connectivity index (χ1n) is 3.98. The molecule has 0 amide bonds. The normalized spacial score (nSPS) is 11.5. The molecule has 0 atom stereocenters. The van der Waals surface area contributed by atoms with Crippen molar-refractivity contribution in [3.05, 3.63) is 12.1 Å². The van der Waals surface area contributed by atoms with Gasteiger partial charge in [0.25, 0.3) is 0 Å². The van der Waals surface area contributed by atoms with Crippen LogP contribution in [-0.2, 0) is 10.1 Å². The van der Waals surface area contributed by atoms with Crippen molar-refractivity contribution >= 4 is 10.1 Å². The second kappa shape index (κ2) is 3.79. The van der Waals surface area contributed by atoms with Crippen LogP contribution in [0.4, 0.5) is 0 Å². The van der Waals surface area contributed by atoms with Crippen LogP contribution in [0.25, 0.3) is 0 Å². The van der Waals surface area contributed by atoms with Crippen molar-refractivity contribution in [1.82, 2.24) is 4.73 Å². The first-order valence-corrected chi connectivity index (χ1v) is 5.56. The summed E-state index contributed by atoms with van der Waals surface area (Å²) in [5, 5.41) is 18.2. The van der Waals surface area contributed by atoms with E-state index < -0.39 is 21.9 Å². The molecule has 0 aromatic carbocycles. The Kier molecular flexibility index (Phi) is 2.90. The lowest BCUT2D eigenvalue weighted by atomic mass is 10.6. The van der Waals surface area contributed by atoms with Crippen molar-refractivity contribution in [2.24, 2.45) is 0 Å². The Balaban J connectivity index is 2.89. The van der Waals surface area contributed by atoms with Crippen molar-refractivity contribution < 1.29 is 22.9 Å². The van der Waals surface area contributed by atoms with Crippen LogP contribution >= 0.6 is 0 Å². The maximum Gasteiger partial charge on any atom is 0.327 e. The predicted molar refractivity (Wildman–Crippen MR) is 48.4 cm³/mol. The zero-order chi connectivity index (χ0) is 10.8. The van der Waals surface area contributed by atoms with E-state index in [0.29, 0.717) is 11.2 Å². The number of aromatic hydroxyl groups is 2. The van der Waals surface area contributed by atoms with Crippen LogP contribution in [-0.4, -0.2) is 29.1 Å². The molecule has 0 bridgehead atoms. The Labute approximate surface area is 81.4 Å². The third kappa shape index (κ3) is 2.32. The molecule has 0 spiro atoms. The fourth-order valence-electron chi connectivity index (χ4n) is 0.879. The lowest BCUT2D eigenvalue weighted by Crippen LogP contribution is -2.21. The highest BCUT2D eigenvalue weighted by molar-refractivity contribution is 7.86. The van der Waals surface area contributed by atoms with Crippen molar-refractivity contribution in [2.75, 3.05) is 5.75 Å². The van der Waals surface area contributed by atoms with Crippen LogP contribution in [0.2, 0.25) is 0 Å². The van der Waals surface area contributed by atoms with E-state index in [0.717, 1.165) is 12.1 Å². The van der Waals surface area contributed by atoms with E-state index in [1.165, 1.54) is 0 Å². The van der Waals surface area contributed by atoms with E-state index in [2.05, 4.69) is 4.28 Å². The summed E-state index contributed by atoms with van der Waals surface area (Å²) >= 11 is 0. The largest absolute Gasteiger partial charge is 0.492 e. The van der Waals surface area contributed by atoms with Gasteiger partial charge >= 0.3 is 10.1 Å². The highest BCUT2D eigenvalue weighted by Crippen LogP contribution is 2.19. The fraction of sp³-hybridized carbons (Fsp3) is 0.429. The molecule has 6 nitrogen and oxygen atoms in total. The van der Waals surface area contributed by atoms with Gasteiger partial charge in [-0.25, -0.2) is 0 Å². The molecule has 14 heavy (non-hydrogen) atoms. The lowest BCUT2D eigenvalue weighted by molar-refractivity contribution is 0.203. The predicted octanol–water partition coefficient (Wildman–Crippen LogP) is 0.0677. The van der Waals surface area contributed by atoms with Crippen molar-refractivity contribution in [2.45, 2.75) is 13.3 Å². The Bertz CT molecular complexity index is 388. The Morgan fingerprint density at radius 1 is 1.36 bits per heavy atom. The SMILES string of the molecule is CCCS(=O)(=O)On1c(O)ccc1O. The zero-order valence-electron chi connectivity index (χ0n) is 7.54. The van der Waals surface area contributed by atoms with Gasteiger partial charge in [0.15, 0.2) is 0 Å². The minimum Gasteiger partial charge on any atom is -0.492 e. The standard InChI is InChI=1S/C7H11NO5S/c1-2-5-14(11,12)13-8-6(9)3-4-7(8)10/h3-4,9-10H,2,5H2,1H3. The highest BCUT2D eigenvalue weighted by Gasteiger charge is 2.16. The molecule has 7 heteroatoms. The first-order chi connectivity index (χ1) is 6.46. The highest BCUT2D eigenvalue weighted by atomic mass is 32.2. The number of nitrogens with zero attached hydrogens (tertiary/aromatic N) is 1. The van der Waals surface area contributed by atoms with Crippen LogP contribution in [0.15, 0.2) is 12.1 Å². The third-order valence-corrected chi connectivity index (χ3v) is 2.72. The van der Waals surface area contributed by atoms with E-state index in [4.69, 9.17) is 10.2 Å². The van der Waals surface area contributed by atoms with E-state index >= 15 is 0 Å². The van der Waals surface area contributed by atoms with Crippen molar-refractivity contribution in [1.29, 1.82) is 0 Å². The molecule has 0 aliphatic heterocycles. The van der Waals surface area contributed by atoms with Gasteiger partial charge in [-0.1, -0.05) is 11.7 Å². The third-order valence-electron chi connectivity index (χ3n) is 1.44. The number of hydrogen-bond donors (Lipinski definition) is 2. The second-order valence-corrected chi connectivity index (χ2v) is 4.35. The van der Waals surface area contributed by atoms with Crippen LogP contribution in [0.3, 0.4) is 0 Å². The van der Waals surface area contributed by atoms with E-state index in [1.54, 1.807) is 6.92 Å². The quantitative estimate of drug-likeness (QED) is 0.751. The summed E-state index contributed by atoms with van der Waals surface area (Å²) in [6, 6.07) is 2.24. The second-order valence-electron chi connectivity index (χ2n) is 2.68. The minimum absolute atomic E-state index is 0.177. The van der Waals surface area contributed by atoms with Crippen LogP contribution in [0, 0.1) is 0 Å². The summed E-state index contributed by atoms with van der Waals surface area (Å²) in [5.74, 6) is -1.12. The smallest absolute Gasteiger partial charge is 0.327 e. The van der Waals surface area contributed by atoms with Gasteiger partial charge in [-0.2, -0.15) is 8.42 Å².